The van der Waals surface area contributed by atoms with Crippen molar-refractivity contribution in [1.29, 1.82) is 0 Å². The summed E-state index contributed by atoms with van der Waals surface area (Å²) < 4.78 is 5.14. The number of allylic oxidation sites excluding steroid dienone is 5. The largest absolute Gasteiger partial charge is 1.00 e. The number of hydrogen-bond donors (Lipinski definition) is 0. The Hall–Kier alpha value is -1.71. The van der Waals surface area contributed by atoms with Gasteiger partial charge in [-0.15, -0.1) is 0 Å². The smallest absolute Gasteiger partial charge is 0.266 e. The van der Waals surface area contributed by atoms with Gasteiger partial charge in [0.2, 0.25) is 5.52 Å². The SMILES string of the molecule is ICCCN1C=CC(=CC=C2CCC[n+]3c2sc2c4ccccc4ccc23)c2ccccc21.[I-]. The van der Waals surface area contributed by atoms with Crippen LogP contribution in [0.15, 0.2) is 85.1 Å². The molecule has 0 unspecified atom stereocenters. The van der Waals surface area contributed by atoms with Gasteiger partial charge in [0.25, 0.3) is 5.01 Å². The summed E-state index contributed by atoms with van der Waals surface area (Å²) >= 11 is 4.42. The third-order valence-corrected chi connectivity index (χ3v) is 8.72. The highest BCUT2D eigenvalue weighted by Crippen LogP contribution is 2.37. The molecule has 0 saturated heterocycles. The van der Waals surface area contributed by atoms with Gasteiger partial charge in [-0.3, -0.25) is 0 Å². The lowest BCUT2D eigenvalue weighted by Gasteiger charge is -2.27. The number of halogens is 2. The van der Waals surface area contributed by atoms with Crippen molar-refractivity contribution < 1.29 is 28.5 Å². The van der Waals surface area contributed by atoms with E-state index < -0.39 is 0 Å². The summed E-state index contributed by atoms with van der Waals surface area (Å²) in [4.78, 5) is 2.39. The van der Waals surface area contributed by atoms with Crippen molar-refractivity contribution in [2.45, 2.75) is 25.8 Å². The molecule has 0 radical (unpaired) electrons. The summed E-state index contributed by atoms with van der Waals surface area (Å²) in [6, 6.07) is 22.2. The molecule has 1 aromatic heterocycles. The first-order valence-electron chi connectivity index (χ1n) is 11.7. The van der Waals surface area contributed by atoms with Gasteiger partial charge in [0.05, 0.1) is 0 Å². The van der Waals surface area contributed by atoms with E-state index in [1.54, 1.807) is 0 Å². The number of thiazole rings is 1. The van der Waals surface area contributed by atoms with Gasteiger partial charge in [-0.2, -0.15) is 4.57 Å². The van der Waals surface area contributed by atoms with E-state index in [0.717, 1.165) is 19.5 Å². The molecule has 6 rings (SSSR count). The van der Waals surface area contributed by atoms with Crippen LogP contribution in [0, 0.1) is 0 Å². The number of fused-ring (bicyclic) bond motifs is 6. The average molecular weight is 688 g/mol. The molecule has 0 aliphatic carbocycles. The van der Waals surface area contributed by atoms with Crippen LogP contribution in [0.3, 0.4) is 0 Å². The molecule has 0 saturated carbocycles. The molecule has 2 aliphatic rings. The summed E-state index contributed by atoms with van der Waals surface area (Å²) in [5.41, 5.74) is 6.78. The number of aromatic nitrogens is 1. The zero-order valence-electron chi connectivity index (χ0n) is 18.9. The summed E-state index contributed by atoms with van der Waals surface area (Å²) in [6.07, 6.45) is 12.8. The van der Waals surface area contributed by atoms with Gasteiger partial charge in [-0.1, -0.05) is 88.5 Å². The molecule has 34 heavy (non-hydrogen) atoms. The summed E-state index contributed by atoms with van der Waals surface area (Å²) in [5.74, 6) is 0. The molecule has 0 spiro atoms. The molecule has 0 N–H and O–H groups in total. The highest BCUT2D eigenvalue weighted by molar-refractivity contribution is 14.1. The molecule has 0 atom stereocenters. The highest BCUT2D eigenvalue weighted by Gasteiger charge is 2.28. The van der Waals surface area contributed by atoms with E-state index >= 15 is 0 Å². The van der Waals surface area contributed by atoms with E-state index in [2.05, 4.69) is 117 Å². The maximum absolute atomic E-state index is 2.54. The molecule has 3 aromatic carbocycles. The highest BCUT2D eigenvalue weighted by atomic mass is 127. The minimum absolute atomic E-state index is 0. The maximum Gasteiger partial charge on any atom is 0.266 e. The molecule has 0 bridgehead atoms. The molecule has 5 heteroatoms. The third-order valence-electron chi connectivity index (χ3n) is 6.65. The number of nitrogens with zero attached hydrogens (tertiary/aromatic N) is 2. The van der Waals surface area contributed by atoms with Gasteiger partial charge in [0.1, 0.15) is 4.70 Å². The van der Waals surface area contributed by atoms with Crippen LogP contribution in [0.2, 0.25) is 0 Å². The molecule has 4 aromatic rings. The summed E-state index contributed by atoms with van der Waals surface area (Å²) in [7, 11) is 0. The Morgan fingerprint density at radius 1 is 1.00 bits per heavy atom. The van der Waals surface area contributed by atoms with Crippen LogP contribution >= 0.6 is 33.9 Å². The number of aryl methyl sites for hydroxylation is 1. The van der Waals surface area contributed by atoms with E-state index in [9.17, 15) is 0 Å². The molecular formula is C29H26I2N2S. The molecule has 2 nitrogen and oxygen atoms in total. The maximum atomic E-state index is 2.54. The predicted molar refractivity (Wildman–Crippen MR) is 151 cm³/mol. The molecule has 0 fully saturated rings. The van der Waals surface area contributed by atoms with Crippen LogP contribution in [0.5, 0.6) is 0 Å². The van der Waals surface area contributed by atoms with E-state index in [1.165, 1.54) is 65.7 Å². The lowest BCUT2D eigenvalue weighted by atomic mass is 9.98. The van der Waals surface area contributed by atoms with Gasteiger partial charge in [0, 0.05) is 51.9 Å². The van der Waals surface area contributed by atoms with Gasteiger partial charge in [-0.25, -0.2) is 0 Å². The Labute approximate surface area is 235 Å². The normalized spacial score (nSPS) is 17.3. The van der Waals surface area contributed by atoms with Gasteiger partial charge in [0.15, 0.2) is 6.54 Å². The van der Waals surface area contributed by atoms with Crippen LogP contribution in [-0.4, -0.2) is 11.0 Å². The van der Waals surface area contributed by atoms with Gasteiger partial charge in [-0.05, 0) is 42.0 Å². The number of para-hydroxylation sites is 1. The van der Waals surface area contributed by atoms with E-state index in [1.807, 2.05) is 11.3 Å². The van der Waals surface area contributed by atoms with Crippen LogP contribution in [0.4, 0.5) is 5.69 Å². The predicted octanol–water partition coefficient (Wildman–Crippen LogP) is 4.77. The average Bonchev–Trinajstić information content (AvgIpc) is 3.26. The number of benzene rings is 3. The zero-order valence-corrected chi connectivity index (χ0v) is 24.0. The lowest BCUT2D eigenvalue weighted by Crippen LogP contribution is -3.00. The van der Waals surface area contributed by atoms with Crippen LogP contribution in [0.25, 0.3) is 32.1 Å². The van der Waals surface area contributed by atoms with Gasteiger partial charge < -0.3 is 28.9 Å². The number of hydrogen-bond acceptors (Lipinski definition) is 2. The van der Waals surface area contributed by atoms with Crippen molar-refractivity contribution in [3.05, 3.63) is 95.7 Å². The molecular weight excluding hydrogens is 662 g/mol. The quantitative estimate of drug-likeness (QED) is 0.171. The van der Waals surface area contributed by atoms with E-state index in [0.29, 0.717) is 0 Å². The lowest BCUT2D eigenvalue weighted by molar-refractivity contribution is -0.672. The minimum atomic E-state index is 0. The number of anilines is 1. The van der Waals surface area contributed by atoms with Crippen LogP contribution in [0.1, 0.15) is 29.8 Å². The third kappa shape index (κ3) is 4.35. The number of alkyl halides is 1. The Bertz CT molecular complexity index is 1450. The van der Waals surface area contributed by atoms with Crippen LogP contribution in [-0.2, 0) is 6.54 Å². The van der Waals surface area contributed by atoms with Crippen LogP contribution < -0.4 is 33.4 Å². The van der Waals surface area contributed by atoms with Crippen molar-refractivity contribution in [3.63, 3.8) is 0 Å². The fourth-order valence-electron chi connectivity index (χ4n) is 5.03. The Kier molecular flexibility index (Phi) is 7.41. The first-order valence-corrected chi connectivity index (χ1v) is 14.0. The van der Waals surface area contributed by atoms with Crippen molar-refractivity contribution in [3.8, 4) is 0 Å². The monoisotopic (exact) mass is 688 g/mol. The summed E-state index contributed by atoms with van der Waals surface area (Å²) in [6.45, 7) is 2.18. The van der Waals surface area contributed by atoms with E-state index in [-0.39, 0.29) is 24.0 Å². The second-order valence-corrected chi connectivity index (χ2v) is 10.8. The Balaban J connectivity index is 0.00000241. The molecule has 0 amide bonds. The Morgan fingerprint density at radius 2 is 1.85 bits per heavy atom. The fraction of sp³-hybridized carbons (Fsp3) is 0.207. The second-order valence-electron chi connectivity index (χ2n) is 8.68. The van der Waals surface area contributed by atoms with Crippen molar-refractivity contribution in [2.75, 3.05) is 15.9 Å². The number of rotatable bonds is 4. The van der Waals surface area contributed by atoms with Crippen molar-refractivity contribution >= 4 is 71.8 Å². The van der Waals surface area contributed by atoms with E-state index in [4.69, 9.17) is 0 Å². The fourth-order valence-corrected chi connectivity index (χ4v) is 6.75. The first-order chi connectivity index (χ1) is 16.3. The molecule has 172 valence electrons. The minimum Gasteiger partial charge on any atom is -1.00 e. The van der Waals surface area contributed by atoms with Gasteiger partial charge >= 0.3 is 0 Å². The Morgan fingerprint density at radius 3 is 2.76 bits per heavy atom. The van der Waals surface area contributed by atoms with Crippen molar-refractivity contribution in [1.82, 2.24) is 0 Å². The van der Waals surface area contributed by atoms with Crippen molar-refractivity contribution in [2.24, 2.45) is 0 Å². The second kappa shape index (κ2) is 10.5. The topological polar surface area (TPSA) is 7.12 Å². The zero-order chi connectivity index (χ0) is 22.2. The molecule has 2 aliphatic heterocycles. The first kappa shape index (κ1) is 24.0. The molecule has 3 heterocycles. The summed E-state index contributed by atoms with van der Waals surface area (Å²) in [5, 5.41) is 4.12. The standard InChI is InChI=1S/C29H26IN2S.HI/c30-17-6-18-31-20-16-22(24-9-3-4-11-26(24)31)12-13-23-8-5-19-32-27-15-14-21-7-1-2-10-25(21)28(27)33-29(23)32;/h1-4,7,9-16,20H,5-6,8,17-19H2;1H/q+1;/p-1.